The molecule has 1 saturated heterocycles. The largest absolute Gasteiger partial charge is 0.507 e. The molecule has 0 aromatic heterocycles. The summed E-state index contributed by atoms with van der Waals surface area (Å²) in [5.74, 6) is -1.27. The third-order valence-corrected chi connectivity index (χ3v) is 5.30. The second kappa shape index (κ2) is 10.1. The number of nitro benzene ring substituents is 1. The van der Waals surface area contributed by atoms with E-state index < -0.39 is 28.4 Å². The zero-order valence-electron chi connectivity index (χ0n) is 18.1. The van der Waals surface area contributed by atoms with Gasteiger partial charge in [-0.3, -0.25) is 19.7 Å². The molecule has 0 radical (unpaired) electrons. The van der Waals surface area contributed by atoms with Crippen LogP contribution in [-0.2, 0) is 9.59 Å². The van der Waals surface area contributed by atoms with Crippen LogP contribution in [0.15, 0.2) is 54.1 Å². The quantitative estimate of drug-likeness (QED) is 0.153. The second-order valence-corrected chi connectivity index (χ2v) is 7.57. The third kappa shape index (κ3) is 4.64. The van der Waals surface area contributed by atoms with Crippen LogP contribution in [0.4, 0.5) is 5.69 Å². The molecule has 1 aliphatic heterocycles. The van der Waals surface area contributed by atoms with E-state index in [1.54, 1.807) is 24.3 Å². The van der Waals surface area contributed by atoms with Crippen molar-refractivity contribution in [2.75, 3.05) is 13.2 Å². The minimum atomic E-state index is -0.810. The van der Waals surface area contributed by atoms with E-state index in [9.17, 15) is 24.8 Å². The molecular weight excluding hydrogens is 412 g/mol. The Bertz CT molecular complexity index is 1040. The number of benzene rings is 2. The van der Waals surface area contributed by atoms with Gasteiger partial charge in [-0.05, 0) is 30.5 Å². The predicted molar refractivity (Wildman–Crippen MR) is 119 cm³/mol. The molecule has 0 bridgehead atoms. The Morgan fingerprint density at radius 2 is 1.84 bits per heavy atom. The van der Waals surface area contributed by atoms with E-state index >= 15 is 0 Å². The molecule has 2 aromatic rings. The number of ketones is 1. The topological polar surface area (TPSA) is 110 Å². The molecule has 0 spiro atoms. The Balaban J connectivity index is 2.06. The monoisotopic (exact) mass is 438 g/mol. The van der Waals surface area contributed by atoms with Crippen LogP contribution >= 0.6 is 0 Å². The number of hydrogen-bond acceptors (Lipinski definition) is 6. The molecule has 1 unspecified atom stereocenters. The summed E-state index contributed by atoms with van der Waals surface area (Å²) in [4.78, 5) is 37.6. The second-order valence-electron chi connectivity index (χ2n) is 7.57. The Morgan fingerprint density at radius 1 is 1.12 bits per heavy atom. The summed E-state index contributed by atoms with van der Waals surface area (Å²) in [5, 5.41) is 22.1. The first-order valence-corrected chi connectivity index (χ1v) is 10.6. The van der Waals surface area contributed by atoms with Gasteiger partial charge in [-0.2, -0.15) is 0 Å². The van der Waals surface area contributed by atoms with Crippen LogP contribution in [0, 0.1) is 10.1 Å². The van der Waals surface area contributed by atoms with Crippen molar-refractivity contribution >= 4 is 23.1 Å². The lowest BCUT2D eigenvalue weighted by atomic mass is 9.95. The molecule has 1 atom stereocenters. The molecule has 1 fully saturated rings. The highest BCUT2D eigenvalue weighted by Gasteiger charge is 2.45. The number of nitrogens with zero attached hydrogens (tertiary/aromatic N) is 2. The van der Waals surface area contributed by atoms with E-state index in [2.05, 4.69) is 6.92 Å². The molecule has 1 heterocycles. The Morgan fingerprint density at radius 3 is 2.47 bits per heavy atom. The van der Waals surface area contributed by atoms with Crippen molar-refractivity contribution in [1.82, 2.24) is 4.90 Å². The Hall–Kier alpha value is -3.68. The fourth-order valence-electron chi connectivity index (χ4n) is 3.70. The van der Waals surface area contributed by atoms with Gasteiger partial charge in [-0.15, -0.1) is 0 Å². The number of unbranched alkanes of at least 4 members (excludes halogenated alkanes) is 1. The van der Waals surface area contributed by atoms with Gasteiger partial charge in [0.25, 0.3) is 17.4 Å². The van der Waals surface area contributed by atoms with Gasteiger partial charge in [0.05, 0.1) is 23.1 Å². The van der Waals surface area contributed by atoms with Crippen LogP contribution in [0.25, 0.3) is 5.76 Å². The molecule has 0 saturated carbocycles. The molecule has 8 nitrogen and oxygen atoms in total. The maximum atomic E-state index is 12.9. The summed E-state index contributed by atoms with van der Waals surface area (Å²) in [6, 6.07) is 11.6. The number of likely N-dealkylation sites (tertiary alicyclic amines) is 1. The summed E-state index contributed by atoms with van der Waals surface area (Å²) in [7, 11) is 0. The van der Waals surface area contributed by atoms with Gasteiger partial charge in [0.2, 0.25) is 0 Å². The van der Waals surface area contributed by atoms with Crippen molar-refractivity contribution < 1.29 is 24.4 Å². The molecule has 168 valence electrons. The highest BCUT2D eigenvalue weighted by molar-refractivity contribution is 6.46. The minimum absolute atomic E-state index is 0.0800. The normalized spacial score (nSPS) is 17.6. The zero-order valence-corrected chi connectivity index (χ0v) is 18.1. The minimum Gasteiger partial charge on any atom is -0.507 e. The molecule has 0 aliphatic carbocycles. The highest BCUT2D eigenvalue weighted by Crippen LogP contribution is 2.40. The predicted octanol–water partition coefficient (Wildman–Crippen LogP) is 4.61. The van der Waals surface area contributed by atoms with E-state index in [1.165, 1.54) is 29.2 Å². The molecule has 2 aromatic carbocycles. The number of carbonyl (C=O) groups excluding carboxylic acids is 2. The summed E-state index contributed by atoms with van der Waals surface area (Å²) >= 11 is 0. The number of non-ortho nitro benzene ring substituents is 1. The molecular formula is C24H26N2O6. The number of amides is 1. The average Bonchev–Trinajstić information content (AvgIpc) is 3.04. The standard InChI is InChI=1S/C24H26N2O6/c1-3-5-14-32-19-11-9-16(10-12-19)21-20(23(28)24(29)25(21)13-4-2)22(27)17-7-6-8-18(15-17)26(30)31/h6-12,15,21,27H,3-5,13-14H2,1-2H3/b22-20-. The van der Waals surface area contributed by atoms with Crippen LogP contribution in [-0.4, -0.2) is 39.8 Å². The number of aliphatic hydroxyl groups excluding tert-OH is 1. The third-order valence-electron chi connectivity index (χ3n) is 5.30. The van der Waals surface area contributed by atoms with Gasteiger partial charge < -0.3 is 14.7 Å². The van der Waals surface area contributed by atoms with E-state index in [0.29, 0.717) is 30.9 Å². The van der Waals surface area contributed by atoms with Gasteiger partial charge >= 0.3 is 0 Å². The van der Waals surface area contributed by atoms with Gasteiger partial charge in [0.15, 0.2) is 0 Å². The first kappa shape index (κ1) is 23.0. The fraction of sp³-hybridized carbons (Fsp3) is 0.333. The van der Waals surface area contributed by atoms with Crippen LogP contribution in [0.2, 0.25) is 0 Å². The number of nitro groups is 1. The average molecular weight is 438 g/mol. The highest BCUT2D eigenvalue weighted by atomic mass is 16.6. The molecule has 1 amide bonds. The smallest absolute Gasteiger partial charge is 0.295 e. The molecule has 1 aliphatic rings. The van der Waals surface area contributed by atoms with Gasteiger partial charge in [0, 0.05) is 24.2 Å². The van der Waals surface area contributed by atoms with Crippen LogP contribution < -0.4 is 4.74 Å². The van der Waals surface area contributed by atoms with E-state index in [0.717, 1.165) is 12.8 Å². The molecule has 32 heavy (non-hydrogen) atoms. The number of hydrogen-bond donors (Lipinski definition) is 1. The number of carbonyl (C=O) groups is 2. The maximum absolute atomic E-state index is 12.9. The van der Waals surface area contributed by atoms with Crippen molar-refractivity contribution in [2.45, 2.75) is 39.2 Å². The van der Waals surface area contributed by atoms with E-state index in [-0.39, 0.29) is 16.8 Å². The lowest BCUT2D eigenvalue weighted by Crippen LogP contribution is -2.30. The first-order valence-electron chi connectivity index (χ1n) is 10.6. The number of ether oxygens (including phenoxy) is 1. The van der Waals surface area contributed by atoms with Crippen molar-refractivity contribution in [3.63, 3.8) is 0 Å². The van der Waals surface area contributed by atoms with Gasteiger partial charge in [0.1, 0.15) is 11.5 Å². The fourth-order valence-corrected chi connectivity index (χ4v) is 3.70. The number of rotatable bonds is 9. The molecule has 8 heteroatoms. The SMILES string of the molecule is CCCCOc1ccc(C2/C(=C(/O)c3cccc([N+](=O)[O-])c3)C(=O)C(=O)N2CCC)cc1. The Kier molecular flexibility index (Phi) is 7.25. The van der Waals surface area contributed by atoms with Crippen LogP contribution in [0.3, 0.4) is 0 Å². The van der Waals surface area contributed by atoms with Crippen molar-refractivity contribution in [3.8, 4) is 5.75 Å². The van der Waals surface area contributed by atoms with Crippen molar-refractivity contribution in [2.24, 2.45) is 0 Å². The van der Waals surface area contributed by atoms with Crippen LogP contribution in [0.1, 0.15) is 50.3 Å². The summed E-state index contributed by atoms with van der Waals surface area (Å²) in [6.45, 7) is 4.89. The number of aliphatic hydroxyl groups is 1. The summed E-state index contributed by atoms with van der Waals surface area (Å²) in [6.07, 6.45) is 2.57. The van der Waals surface area contributed by atoms with E-state index in [4.69, 9.17) is 4.74 Å². The van der Waals surface area contributed by atoms with Crippen LogP contribution in [0.5, 0.6) is 5.75 Å². The zero-order chi connectivity index (χ0) is 23.3. The number of Topliss-reactive ketones (excluding diaryl/α,β-unsaturated/α-hetero) is 1. The van der Waals surface area contributed by atoms with E-state index in [1.807, 2.05) is 6.92 Å². The van der Waals surface area contributed by atoms with Gasteiger partial charge in [-0.1, -0.05) is 44.5 Å². The lowest BCUT2D eigenvalue weighted by Gasteiger charge is -2.25. The Labute approximate surface area is 186 Å². The molecule has 3 rings (SSSR count). The van der Waals surface area contributed by atoms with Gasteiger partial charge in [-0.25, -0.2) is 0 Å². The lowest BCUT2D eigenvalue weighted by molar-refractivity contribution is -0.384. The summed E-state index contributed by atoms with van der Waals surface area (Å²) < 4.78 is 5.69. The van der Waals surface area contributed by atoms with Crippen molar-refractivity contribution in [3.05, 3.63) is 75.3 Å². The molecule has 1 N–H and O–H groups in total. The first-order chi connectivity index (χ1) is 15.4. The maximum Gasteiger partial charge on any atom is 0.295 e. The summed E-state index contributed by atoms with van der Waals surface area (Å²) in [5.41, 5.74) is 0.455. The van der Waals surface area contributed by atoms with Crippen molar-refractivity contribution in [1.29, 1.82) is 0 Å².